The van der Waals surface area contributed by atoms with E-state index in [4.69, 9.17) is 4.74 Å². The van der Waals surface area contributed by atoms with Crippen molar-refractivity contribution in [3.8, 4) is 23.0 Å². The number of carbonyl (C=O) groups is 2. The molecule has 0 heterocycles. The normalized spacial score (nSPS) is 19.0. The first-order valence-corrected chi connectivity index (χ1v) is 9.92. The Labute approximate surface area is 179 Å². The van der Waals surface area contributed by atoms with E-state index < -0.39 is 0 Å². The third-order valence-electron chi connectivity index (χ3n) is 5.04. The maximum atomic E-state index is 13.1. The van der Waals surface area contributed by atoms with E-state index in [1.807, 2.05) is 0 Å². The topological polar surface area (TPSA) is 124 Å². The molecule has 0 aromatic heterocycles. The maximum absolute atomic E-state index is 13.1. The molecule has 31 heavy (non-hydrogen) atoms. The standard InChI is InChI=1S/C24H24O7/c1-2-31-23(29)13-16-9-17(7-14-3-5-19(25)21(27)11-14)24(30)18(10-16)8-15-4-6-20(26)22(28)12-15/h3-8,11-12,16,25-28H,2,9-10,13H2,1H3/b17-7-,18-8+. The summed E-state index contributed by atoms with van der Waals surface area (Å²) in [6.45, 7) is 2.00. The molecular formula is C24H24O7. The van der Waals surface area contributed by atoms with Crippen LogP contribution in [0.3, 0.4) is 0 Å². The Morgan fingerprint density at radius 3 is 1.81 bits per heavy atom. The lowest BCUT2D eigenvalue weighted by molar-refractivity contribution is -0.144. The molecule has 0 amide bonds. The Bertz CT molecular complexity index is 992. The molecule has 1 atom stereocenters. The molecule has 3 rings (SSSR count). The van der Waals surface area contributed by atoms with E-state index in [0.717, 1.165) is 0 Å². The van der Waals surface area contributed by atoms with Gasteiger partial charge in [0.1, 0.15) is 0 Å². The Morgan fingerprint density at radius 1 is 0.903 bits per heavy atom. The smallest absolute Gasteiger partial charge is 0.306 e. The van der Waals surface area contributed by atoms with Gasteiger partial charge in [0.25, 0.3) is 0 Å². The zero-order valence-electron chi connectivity index (χ0n) is 17.0. The van der Waals surface area contributed by atoms with E-state index in [1.165, 1.54) is 24.3 Å². The second kappa shape index (κ2) is 9.38. The van der Waals surface area contributed by atoms with Crippen molar-refractivity contribution in [1.82, 2.24) is 0 Å². The average Bonchev–Trinajstić information content (AvgIpc) is 2.71. The molecule has 2 aromatic carbocycles. The first kappa shape index (κ1) is 22.0. The van der Waals surface area contributed by atoms with Gasteiger partial charge in [-0.15, -0.1) is 0 Å². The zero-order valence-corrected chi connectivity index (χ0v) is 17.0. The Morgan fingerprint density at radius 2 is 1.39 bits per heavy atom. The Balaban J connectivity index is 1.97. The first-order valence-electron chi connectivity index (χ1n) is 9.92. The highest BCUT2D eigenvalue weighted by Crippen LogP contribution is 2.36. The number of carbonyl (C=O) groups excluding carboxylic acids is 2. The van der Waals surface area contributed by atoms with Crippen molar-refractivity contribution in [2.75, 3.05) is 6.61 Å². The summed E-state index contributed by atoms with van der Waals surface area (Å²) in [5, 5.41) is 38.5. The molecule has 162 valence electrons. The fourth-order valence-corrected chi connectivity index (χ4v) is 3.60. The van der Waals surface area contributed by atoms with Crippen LogP contribution in [0.25, 0.3) is 12.2 Å². The van der Waals surface area contributed by atoms with E-state index in [9.17, 15) is 30.0 Å². The van der Waals surface area contributed by atoms with Gasteiger partial charge in [-0.1, -0.05) is 12.1 Å². The quantitative estimate of drug-likeness (QED) is 0.326. The second-order valence-electron chi connectivity index (χ2n) is 7.45. The molecule has 1 aliphatic carbocycles. The number of phenolic OH excluding ortho intramolecular Hbond substituents is 4. The molecule has 7 heteroatoms. The van der Waals surface area contributed by atoms with E-state index in [2.05, 4.69) is 0 Å². The van der Waals surface area contributed by atoms with Crippen molar-refractivity contribution in [3.05, 3.63) is 58.7 Å². The minimum absolute atomic E-state index is 0.150. The van der Waals surface area contributed by atoms with Crippen molar-refractivity contribution in [2.24, 2.45) is 5.92 Å². The molecule has 0 spiro atoms. The average molecular weight is 424 g/mol. The SMILES string of the molecule is CCOC(=O)CC1C/C(=C/c2ccc(O)c(O)c2)C(=O)/C(=C/c2ccc(O)c(O)c2)C1. The summed E-state index contributed by atoms with van der Waals surface area (Å²) in [4.78, 5) is 25.1. The van der Waals surface area contributed by atoms with Crippen LogP contribution in [0.5, 0.6) is 23.0 Å². The highest BCUT2D eigenvalue weighted by Gasteiger charge is 2.29. The number of hydrogen-bond donors (Lipinski definition) is 4. The molecule has 0 bridgehead atoms. The molecule has 2 aromatic rings. The number of esters is 1. The van der Waals surface area contributed by atoms with Crippen LogP contribution in [0.15, 0.2) is 47.5 Å². The van der Waals surface area contributed by atoms with Crippen molar-refractivity contribution >= 4 is 23.9 Å². The predicted molar refractivity (Wildman–Crippen MR) is 114 cm³/mol. The minimum atomic E-state index is -0.342. The highest BCUT2D eigenvalue weighted by molar-refractivity contribution is 6.14. The lowest BCUT2D eigenvalue weighted by Gasteiger charge is -2.25. The van der Waals surface area contributed by atoms with Crippen molar-refractivity contribution < 1.29 is 34.8 Å². The molecule has 1 fully saturated rings. The largest absolute Gasteiger partial charge is 0.504 e. The van der Waals surface area contributed by atoms with Crippen LogP contribution in [0.4, 0.5) is 0 Å². The van der Waals surface area contributed by atoms with Gasteiger partial charge in [-0.3, -0.25) is 9.59 Å². The number of aromatic hydroxyl groups is 4. The summed E-state index contributed by atoms with van der Waals surface area (Å²) in [6.07, 6.45) is 4.12. The van der Waals surface area contributed by atoms with Crippen LogP contribution < -0.4 is 0 Å². The predicted octanol–water partition coefficient (Wildman–Crippen LogP) is 3.91. The van der Waals surface area contributed by atoms with Gasteiger partial charge in [-0.05, 0) is 73.2 Å². The van der Waals surface area contributed by atoms with Gasteiger partial charge in [0.15, 0.2) is 28.8 Å². The third kappa shape index (κ3) is 5.45. The summed E-state index contributed by atoms with van der Waals surface area (Å²) >= 11 is 0. The van der Waals surface area contributed by atoms with Crippen molar-refractivity contribution in [1.29, 1.82) is 0 Å². The summed E-state index contributed by atoms with van der Waals surface area (Å²) in [5.74, 6) is -1.82. The molecule has 1 saturated carbocycles. The lowest BCUT2D eigenvalue weighted by Crippen LogP contribution is -2.22. The van der Waals surface area contributed by atoms with Crippen LogP contribution >= 0.6 is 0 Å². The molecule has 0 aliphatic heterocycles. The fraction of sp³-hybridized carbons (Fsp3) is 0.250. The Kier molecular flexibility index (Phi) is 6.65. The van der Waals surface area contributed by atoms with Crippen LogP contribution in [-0.2, 0) is 14.3 Å². The fourth-order valence-electron chi connectivity index (χ4n) is 3.60. The molecule has 1 aliphatic rings. The molecule has 1 unspecified atom stereocenters. The number of allylic oxidation sites excluding steroid dienone is 2. The summed E-state index contributed by atoms with van der Waals surface area (Å²) in [7, 11) is 0. The van der Waals surface area contributed by atoms with Gasteiger partial charge in [0.2, 0.25) is 0 Å². The van der Waals surface area contributed by atoms with Gasteiger partial charge in [-0.2, -0.15) is 0 Å². The molecule has 0 saturated heterocycles. The second-order valence-corrected chi connectivity index (χ2v) is 7.45. The molecule has 0 radical (unpaired) electrons. The molecule has 7 nitrogen and oxygen atoms in total. The minimum Gasteiger partial charge on any atom is -0.504 e. The van der Waals surface area contributed by atoms with Gasteiger partial charge in [0, 0.05) is 17.6 Å². The number of hydrogen-bond acceptors (Lipinski definition) is 7. The Hall–Kier alpha value is -3.74. The highest BCUT2D eigenvalue weighted by atomic mass is 16.5. The van der Waals surface area contributed by atoms with E-state index >= 15 is 0 Å². The number of benzene rings is 2. The third-order valence-corrected chi connectivity index (χ3v) is 5.04. The van der Waals surface area contributed by atoms with Crippen LogP contribution in [-0.4, -0.2) is 38.8 Å². The van der Waals surface area contributed by atoms with Crippen LogP contribution in [0.1, 0.15) is 37.3 Å². The van der Waals surface area contributed by atoms with Crippen LogP contribution in [0, 0.1) is 5.92 Å². The summed E-state index contributed by atoms with van der Waals surface area (Å²) in [6, 6.07) is 8.53. The van der Waals surface area contributed by atoms with Gasteiger partial charge in [0.05, 0.1) is 6.61 Å². The van der Waals surface area contributed by atoms with Gasteiger partial charge >= 0.3 is 5.97 Å². The monoisotopic (exact) mass is 424 g/mol. The number of phenols is 4. The number of ketones is 1. The van der Waals surface area contributed by atoms with Crippen LogP contribution in [0.2, 0.25) is 0 Å². The van der Waals surface area contributed by atoms with Gasteiger partial charge < -0.3 is 25.2 Å². The molecular weight excluding hydrogens is 400 g/mol. The molecule has 4 N–H and O–H groups in total. The summed E-state index contributed by atoms with van der Waals surface area (Å²) in [5.41, 5.74) is 1.99. The first-order chi connectivity index (χ1) is 14.8. The number of Topliss-reactive ketones (excluding diaryl/α,β-unsaturated/α-hetero) is 1. The lowest BCUT2D eigenvalue weighted by atomic mass is 9.78. The van der Waals surface area contributed by atoms with Crippen molar-refractivity contribution in [2.45, 2.75) is 26.2 Å². The van der Waals surface area contributed by atoms with Gasteiger partial charge in [-0.25, -0.2) is 0 Å². The number of ether oxygens (including phenoxy) is 1. The van der Waals surface area contributed by atoms with E-state index in [1.54, 1.807) is 31.2 Å². The zero-order chi connectivity index (χ0) is 22.5. The summed E-state index contributed by atoms with van der Waals surface area (Å²) < 4.78 is 5.05. The number of rotatable bonds is 5. The van der Waals surface area contributed by atoms with Crippen molar-refractivity contribution in [3.63, 3.8) is 0 Å². The maximum Gasteiger partial charge on any atom is 0.306 e. The van der Waals surface area contributed by atoms with E-state index in [0.29, 0.717) is 35.1 Å². The van der Waals surface area contributed by atoms with E-state index in [-0.39, 0.29) is 53.7 Å².